The topological polar surface area (TPSA) is 131 Å². The lowest BCUT2D eigenvalue weighted by Crippen LogP contribution is -2.25. The molecule has 0 aromatic carbocycles. The van der Waals surface area contributed by atoms with Crippen molar-refractivity contribution in [3.63, 3.8) is 0 Å². The zero-order valence-corrected chi connectivity index (χ0v) is 10.8. The van der Waals surface area contributed by atoms with Crippen molar-refractivity contribution >= 4 is 17.6 Å². The molecule has 0 bridgehead atoms. The Morgan fingerprint density at radius 2 is 1.95 bits per heavy atom. The van der Waals surface area contributed by atoms with Crippen LogP contribution < -0.4 is 0 Å². The van der Waals surface area contributed by atoms with E-state index >= 15 is 0 Å². The zero-order chi connectivity index (χ0) is 14.8. The molecule has 11 heteroatoms. The third-order valence-corrected chi connectivity index (χ3v) is 1.89. The van der Waals surface area contributed by atoms with Crippen molar-refractivity contribution in [2.75, 3.05) is 6.61 Å². The van der Waals surface area contributed by atoms with Crippen LogP contribution in [0, 0.1) is 20.2 Å². The van der Waals surface area contributed by atoms with E-state index in [4.69, 9.17) is 11.6 Å². The molecule has 0 N–H and O–H groups in total. The number of esters is 1. The second-order valence-electron chi connectivity index (χ2n) is 3.40. The fourth-order valence-corrected chi connectivity index (χ4v) is 1.25. The summed E-state index contributed by atoms with van der Waals surface area (Å²) in [4.78, 5) is 39.4. The Balaban J connectivity index is 4.00. The standard InChI is InChI=1S/C8H13ClN2O8/c1-6(9)18-8(12)4-2-3-7(19-11(15)16)5-17-10(13)14/h6-7H,2-5H2,1H3/t6?,7-/m1/s1. The smallest absolute Gasteiger partial charge is 0.307 e. The highest BCUT2D eigenvalue weighted by Gasteiger charge is 2.16. The number of carbonyl (C=O) groups is 1. The van der Waals surface area contributed by atoms with Gasteiger partial charge in [0.05, 0.1) is 0 Å². The van der Waals surface area contributed by atoms with Crippen LogP contribution in [0.15, 0.2) is 0 Å². The van der Waals surface area contributed by atoms with E-state index in [2.05, 4.69) is 14.4 Å². The number of hydrogen-bond acceptors (Lipinski definition) is 8. The summed E-state index contributed by atoms with van der Waals surface area (Å²) < 4.78 is 4.62. The largest absolute Gasteiger partial charge is 0.446 e. The summed E-state index contributed by atoms with van der Waals surface area (Å²) >= 11 is 5.42. The molecule has 110 valence electrons. The molecule has 0 fully saturated rings. The summed E-state index contributed by atoms with van der Waals surface area (Å²) in [6.45, 7) is 0.873. The lowest BCUT2D eigenvalue weighted by atomic mass is 10.1. The van der Waals surface area contributed by atoms with E-state index in [1.54, 1.807) is 0 Å². The van der Waals surface area contributed by atoms with Gasteiger partial charge in [-0.15, -0.1) is 20.2 Å². The molecule has 0 aliphatic heterocycles. The monoisotopic (exact) mass is 300 g/mol. The maximum atomic E-state index is 11.1. The summed E-state index contributed by atoms with van der Waals surface area (Å²) in [5, 5.41) is 17.9. The van der Waals surface area contributed by atoms with E-state index in [9.17, 15) is 25.0 Å². The second kappa shape index (κ2) is 9.14. The predicted molar refractivity (Wildman–Crippen MR) is 60.1 cm³/mol. The van der Waals surface area contributed by atoms with Crippen LogP contribution in [0.3, 0.4) is 0 Å². The summed E-state index contributed by atoms with van der Waals surface area (Å²) in [5.74, 6) is -0.572. The van der Waals surface area contributed by atoms with Crippen LogP contribution in [-0.2, 0) is 19.2 Å². The maximum Gasteiger partial charge on any atom is 0.307 e. The Morgan fingerprint density at radius 3 is 2.42 bits per heavy atom. The predicted octanol–water partition coefficient (Wildman–Crippen LogP) is 1.07. The molecular weight excluding hydrogens is 288 g/mol. The number of nitrogens with zero attached hydrogens (tertiary/aromatic N) is 2. The van der Waals surface area contributed by atoms with Gasteiger partial charge in [0.15, 0.2) is 5.56 Å². The van der Waals surface area contributed by atoms with Crippen molar-refractivity contribution in [2.45, 2.75) is 37.9 Å². The molecule has 0 aliphatic rings. The highest BCUT2D eigenvalue weighted by atomic mass is 35.5. The van der Waals surface area contributed by atoms with Gasteiger partial charge in [0.2, 0.25) is 0 Å². The van der Waals surface area contributed by atoms with Crippen LogP contribution >= 0.6 is 11.6 Å². The number of ether oxygens (including phenoxy) is 1. The molecule has 0 aromatic heterocycles. The molecule has 10 nitrogen and oxygen atoms in total. The van der Waals surface area contributed by atoms with Crippen molar-refractivity contribution in [3.8, 4) is 0 Å². The van der Waals surface area contributed by atoms with Crippen molar-refractivity contribution in [2.24, 2.45) is 0 Å². The minimum absolute atomic E-state index is 0.0284. The van der Waals surface area contributed by atoms with Crippen molar-refractivity contribution in [3.05, 3.63) is 20.2 Å². The van der Waals surface area contributed by atoms with Crippen molar-refractivity contribution in [1.29, 1.82) is 0 Å². The molecule has 0 saturated heterocycles. The molecule has 19 heavy (non-hydrogen) atoms. The van der Waals surface area contributed by atoms with Gasteiger partial charge in [-0.05, 0) is 19.8 Å². The van der Waals surface area contributed by atoms with Crippen molar-refractivity contribution < 1.29 is 29.4 Å². The van der Waals surface area contributed by atoms with Gasteiger partial charge < -0.3 is 14.4 Å². The SMILES string of the molecule is CC(Cl)OC(=O)CCC[C@H](CO[N+](=O)[O-])O[N+](=O)[O-]. The average molecular weight is 301 g/mol. The van der Waals surface area contributed by atoms with E-state index < -0.39 is 34.4 Å². The first-order valence-electron chi connectivity index (χ1n) is 5.23. The van der Waals surface area contributed by atoms with E-state index in [-0.39, 0.29) is 19.3 Å². The van der Waals surface area contributed by atoms with Crippen molar-refractivity contribution in [1.82, 2.24) is 0 Å². The van der Waals surface area contributed by atoms with Gasteiger partial charge in [-0.3, -0.25) is 4.79 Å². The van der Waals surface area contributed by atoms with Crippen LogP contribution in [0.25, 0.3) is 0 Å². The minimum atomic E-state index is -1.12. The van der Waals surface area contributed by atoms with E-state index in [0.29, 0.717) is 0 Å². The van der Waals surface area contributed by atoms with Gasteiger partial charge in [-0.1, -0.05) is 11.6 Å². The molecule has 2 atom stereocenters. The molecule has 0 spiro atoms. The van der Waals surface area contributed by atoms with E-state index in [1.165, 1.54) is 6.92 Å². The Labute approximate surface area is 112 Å². The summed E-state index contributed by atoms with van der Waals surface area (Å²) in [7, 11) is 0. The molecule has 0 radical (unpaired) electrons. The van der Waals surface area contributed by atoms with Gasteiger partial charge in [0.1, 0.15) is 12.7 Å². The number of carbonyl (C=O) groups excluding carboxylic acids is 1. The van der Waals surface area contributed by atoms with E-state index in [1.807, 2.05) is 0 Å². The number of halogens is 1. The third-order valence-electron chi connectivity index (χ3n) is 1.80. The van der Waals surface area contributed by atoms with E-state index in [0.717, 1.165) is 0 Å². The van der Waals surface area contributed by atoms with Gasteiger partial charge in [-0.25, -0.2) is 0 Å². The zero-order valence-electron chi connectivity index (χ0n) is 10.0. The quantitative estimate of drug-likeness (QED) is 0.253. The van der Waals surface area contributed by atoms with Crippen LogP contribution in [0.2, 0.25) is 0 Å². The van der Waals surface area contributed by atoms with Crippen LogP contribution in [0.4, 0.5) is 0 Å². The number of rotatable bonds is 10. The highest BCUT2D eigenvalue weighted by molar-refractivity contribution is 6.19. The van der Waals surface area contributed by atoms with Gasteiger partial charge in [0, 0.05) is 6.42 Å². The molecule has 0 aliphatic carbocycles. The number of alkyl halides is 1. The molecule has 0 heterocycles. The normalized spacial score (nSPS) is 13.2. The Kier molecular flexibility index (Phi) is 8.25. The highest BCUT2D eigenvalue weighted by Crippen LogP contribution is 2.08. The van der Waals surface area contributed by atoms with Gasteiger partial charge >= 0.3 is 5.97 Å². The Hall–Kier alpha value is -1.84. The average Bonchev–Trinajstić information content (AvgIpc) is 2.23. The fraction of sp³-hybridized carbons (Fsp3) is 0.875. The van der Waals surface area contributed by atoms with Gasteiger partial charge in [-0.2, -0.15) is 0 Å². The molecular formula is C8H13ClN2O8. The summed E-state index contributed by atoms with van der Waals surface area (Å²) in [5.41, 5.74) is -0.767. The first-order chi connectivity index (χ1) is 8.81. The van der Waals surface area contributed by atoms with Crippen LogP contribution in [0.5, 0.6) is 0 Å². The maximum absolute atomic E-state index is 11.1. The van der Waals surface area contributed by atoms with Gasteiger partial charge in [0.25, 0.3) is 10.2 Å². The minimum Gasteiger partial charge on any atom is -0.446 e. The summed E-state index contributed by atoms with van der Waals surface area (Å²) in [6, 6.07) is 0. The third kappa shape index (κ3) is 11.0. The number of hydrogen-bond donors (Lipinski definition) is 0. The Morgan fingerprint density at radius 1 is 1.32 bits per heavy atom. The first kappa shape index (κ1) is 17.2. The molecule has 1 unspecified atom stereocenters. The molecule has 0 rings (SSSR count). The van der Waals surface area contributed by atoms with Crippen LogP contribution in [-0.4, -0.2) is 34.4 Å². The molecule has 0 saturated carbocycles. The molecule has 0 amide bonds. The molecule has 0 aromatic rings. The first-order valence-corrected chi connectivity index (χ1v) is 5.67. The second-order valence-corrected chi connectivity index (χ2v) is 4.01. The fourth-order valence-electron chi connectivity index (χ4n) is 1.15. The lowest BCUT2D eigenvalue weighted by molar-refractivity contribution is -0.790. The lowest BCUT2D eigenvalue weighted by Gasteiger charge is -2.13. The summed E-state index contributed by atoms with van der Waals surface area (Å²) in [6.07, 6.45) is -0.947. The van der Waals surface area contributed by atoms with Crippen LogP contribution in [0.1, 0.15) is 26.2 Å². The Bertz CT molecular complexity index is 324.